The molecule has 2 N–H and O–H groups in total. The smallest absolute Gasteiger partial charge is 0.251 e. The van der Waals surface area contributed by atoms with E-state index in [4.69, 9.17) is 16.3 Å². The summed E-state index contributed by atoms with van der Waals surface area (Å²) in [6.45, 7) is 0.310. The molecule has 0 aliphatic heterocycles. The van der Waals surface area contributed by atoms with Gasteiger partial charge in [0.2, 0.25) is 10.0 Å². The number of amides is 1. The average molecular weight is 480 g/mol. The van der Waals surface area contributed by atoms with Gasteiger partial charge in [0.05, 0.1) is 13.2 Å². The first-order valence-corrected chi connectivity index (χ1v) is 12.5. The van der Waals surface area contributed by atoms with E-state index in [-0.39, 0.29) is 34.2 Å². The molecule has 0 aromatic heterocycles. The second-order valence-electron chi connectivity index (χ2n) is 8.18. The van der Waals surface area contributed by atoms with Crippen LogP contribution in [0.5, 0.6) is 5.75 Å². The van der Waals surface area contributed by atoms with Crippen LogP contribution >= 0.6 is 11.6 Å². The van der Waals surface area contributed by atoms with Crippen LogP contribution in [0.2, 0.25) is 5.02 Å². The molecule has 1 fully saturated rings. The average Bonchev–Trinajstić information content (AvgIpc) is 3.26. The molecule has 1 aliphatic carbocycles. The maximum Gasteiger partial charge on any atom is 0.251 e. The second kappa shape index (κ2) is 10.7. The molecule has 0 saturated heterocycles. The predicted octanol–water partition coefficient (Wildman–Crippen LogP) is 3.60. The second-order valence-corrected chi connectivity index (χ2v) is 10.3. The highest BCUT2D eigenvalue weighted by atomic mass is 35.5. The number of halogens is 1. The number of ether oxygens (including phenoxy) is 1. The fourth-order valence-corrected chi connectivity index (χ4v) is 5.72. The van der Waals surface area contributed by atoms with E-state index in [9.17, 15) is 13.2 Å². The van der Waals surface area contributed by atoms with Gasteiger partial charge in [0.1, 0.15) is 10.6 Å². The standard InChI is InChI=1S/C23H30ClN3O4S/c1-27(2)20(18-10-6-7-11-19(18)24)15-25-23(28)16-12-13-21(31-3)22(14-16)32(29,30)26-17-8-4-5-9-17/h6-7,10-14,17,20,26H,4-5,8-9,15H2,1-3H3,(H,25,28). The normalized spacial score (nSPS) is 15.7. The number of sulfonamides is 1. The predicted molar refractivity (Wildman–Crippen MR) is 126 cm³/mol. The maximum absolute atomic E-state index is 13.0. The van der Waals surface area contributed by atoms with Crippen molar-refractivity contribution in [1.29, 1.82) is 0 Å². The van der Waals surface area contributed by atoms with Crippen LogP contribution in [0.3, 0.4) is 0 Å². The topological polar surface area (TPSA) is 87.7 Å². The number of likely N-dealkylation sites (N-methyl/N-ethyl adjacent to an activating group) is 1. The zero-order chi connectivity index (χ0) is 23.3. The zero-order valence-corrected chi connectivity index (χ0v) is 20.2. The number of nitrogens with one attached hydrogen (secondary N) is 2. The van der Waals surface area contributed by atoms with E-state index in [2.05, 4.69) is 10.0 Å². The van der Waals surface area contributed by atoms with Gasteiger partial charge < -0.3 is 15.0 Å². The molecule has 174 valence electrons. The van der Waals surface area contributed by atoms with Crippen molar-refractivity contribution in [3.63, 3.8) is 0 Å². The third kappa shape index (κ3) is 5.81. The summed E-state index contributed by atoms with van der Waals surface area (Å²) < 4.78 is 34.0. The lowest BCUT2D eigenvalue weighted by molar-refractivity contribution is 0.0941. The molecule has 0 bridgehead atoms. The Kier molecular flexibility index (Phi) is 8.16. The first-order chi connectivity index (χ1) is 15.2. The lowest BCUT2D eigenvalue weighted by atomic mass is 10.1. The van der Waals surface area contributed by atoms with Gasteiger partial charge >= 0.3 is 0 Å². The largest absolute Gasteiger partial charge is 0.495 e. The van der Waals surface area contributed by atoms with E-state index in [1.165, 1.54) is 19.2 Å². The summed E-state index contributed by atoms with van der Waals surface area (Å²) in [7, 11) is 1.41. The number of hydrogen-bond donors (Lipinski definition) is 2. The van der Waals surface area contributed by atoms with Gasteiger partial charge in [-0.15, -0.1) is 0 Å². The van der Waals surface area contributed by atoms with Crippen molar-refractivity contribution < 1.29 is 17.9 Å². The Morgan fingerprint density at radius 2 is 1.88 bits per heavy atom. The summed E-state index contributed by atoms with van der Waals surface area (Å²) in [6.07, 6.45) is 3.64. The minimum absolute atomic E-state index is 0.0326. The van der Waals surface area contributed by atoms with Crippen LogP contribution in [0, 0.1) is 0 Å². The van der Waals surface area contributed by atoms with Crippen LogP contribution in [0.25, 0.3) is 0 Å². The lowest BCUT2D eigenvalue weighted by Gasteiger charge is -2.26. The van der Waals surface area contributed by atoms with Gasteiger partial charge in [0.15, 0.2) is 0 Å². The van der Waals surface area contributed by atoms with Crippen LogP contribution in [0.15, 0.2) is 47.4 Å². The number of methoxy groups -OCH3 is 1. The zero-order valence-electron chi connectivity index (χ0n) is 18.6. The van der Waals surface area contributed by atoms with Crippen molar-refractivity contribution in [2.75, 3.05) is 27.7 Å². The van der Waals surface area contributed by atoms with Crippen LogP contribution in [0.4, 0.5) is 0 Å². The molecular weight excluding hydrogens is 450 g/mol. The highest BCUT2D eigenvalue weighted by Crippen LogP contribution is 2.28. The molecule has 1 atom stereocenters. The maximum atomic E-state index is 13.0. The Labute approximate surface area is 195 Å². The van der Waals surface area contributed by atoms with Crippen LogP contribution in [0.1, 0.15) is 47.6 Å². The molecule has 2 aromatic rings. The summed E-state index contributed by atoms with van der Waals surface area (Å²) in [4.78, 5) is 14.8. The molecule has 9 heteroatoms. The minimum atomic E-state index is -3.82. The third-order valence-electron chi connectivity index (χ3n) is 5.74. The summed E-state index contributed by atoms with van der Waals surface area (Å²) in [5, 5.41) is 3.52. The Hall–Kier alpha value is -2.13. The van der Waals surface area contributed by atoms with E-state index in [1.54, 1.807) is 6.07 Å². The van der Waals surface area contributed by atoms with E-state index >= 15 is 0 Å². The number of carbonyl (C=O) groups excluding carboxylic acids is 1. The molecule has 0 radical (unpaired) electrons. The highest BCUT2D eigenvalue weighted by Gasteiger charge is 2.27. The molecule has 32 heavy (non-hydrogen) atoms. The Morgan fingerprint density at radius 3 is 2.50 bits per heavy atom. The van der Waals surface area contributed by atoms with Gasteiger partial charge in [-0.25, -0.2) is 13.1 Å². The number of hydrogen-bond acceptors (Lipinski definition) is 5. The van der Waals surface area contributed by atoms with Gasteiger partial charge in [-0.3, -0.25) is 4.79 Å². The molecule has 2 aromatic carbocycles. The number of nitrogens with zero attached hydrogens (tertiary/aromatic N) is 1. The summed E-state index contributed by atoms with van der Waals surface area (Å²) in [5.74, 6) is -0.168. The third-order valence-corrected chi connectivity index (χ3v) is 7.62. The molecule has 0 heterocycles. The van der Waals surface area contributed by atoms with Gasteiger partial charge in [0.25, 0.3) is 5.91 Å². The summed E-state index contributed by atoms with van der Waals surface area (Å²) >= 11 is 6.34. The molecule has 1 unspecified atom stereocenters. The number of benzene rings is 2. The number of rotatable bonds is 9. The first-order valence-electron chi connectivity index (χ1n) is 10.6. The van der Waals surface area contributed by atoms with Crippen LogP contribution in [-0.2, 0) is 10.0 Å². The Balaban J connectivity index is 1.79. The monoisotopic (exact) mass is 479 g/mol. The van der Waals surface area contributed by atoms with Crippen molar-refractivity contribution in [2.45, 2.75) is 42.7 Å². The van der Waals surface area contributed by atoms with Crippen LogP contribution in [-0.4, -0.2) is 53.0 Å². The van der Waals surface area contributed by atoms with E-state index in [0.717, 1.165) is 31.2 Å². The highest BCUT2D eigenvalue weighted by molar-refractivity contribution is 7.89. The fraction of sp³-hybridized carbons (Fsp3) is 0.435. The summed E-state index contributed by atoms with van der Waals surface area (Å²) in [5.41, 5.74) is 1.15. The van der Waals surface area contributed by atoms with Crippen molar-refractivity contribution >= 4 is 27.5 Å². The van der Waals surface area contributed by atoms with E-state index < -0.39 is 10.0 Å². The van der Waals surface area contributed by atoms with E-state index in [1.807, 2.05) is 43.3 Å². The minimum Gasteiger partial charge on any atom is -0.495 e. The summed E-state index contributed by atoms with van der Waals surface area (Å²) in [6, 6.07) is 11.7. The first kappa shape index (κ1) is 24.5. The molecule has 1 aliphatic rings. The van der Waals surface area contributed by atoms with Gasteiger partial charge in [-0.05, 0) is 56.8 Å². The molecule has 0 spiro atoms. The van der Waals surface area contributed by atoms with E-state index in [0.29, 0.717) is 11.6 Å². The molecule has 1 saturated carbocycles. The van der Waals surface area contributed by atoms with Crippen molar-refractivity contribution in [3.8, 4) is 5.75 Å². The number of carbonyl (C=O) groups is 1. The van der Waals surface area contributed by atoms with Crippen molar-refractivity contribution in [3.05, 3.63) is 58.6 Å². The molecule has 7 nitrogen and oxygen atoms in total. The molecule has 3 rings (SSSR count). The van der Waals surface area contributed by atoms with Gasteiger partial charge in [-0.1, -0.05) is 42.6 Å². The van der Waals surface area contributed by atoms with Crippen molar-refractivity contribution in [1.82, 2.24) is 14.9 Å². The van der Waals surface area contributed by atoms with Crippen LogP contribution < -0.4 is 14.8 Å². The van der Waals surface area contributed by atoms with Gasteiger partial charge in [0, 0.05) is 23.2 Å². The van der Waals surface area contributed by atoms with Gasteiger partial charge in [-0.2, -0.15) is 0 Å². The molecular formula is C23H30ClN3O4S. The Bertz CT molecular complexity index is 1050. The molecule has 1 amide bonds. The Morgan fingerprint density at radius 1 is 1.19 bits per heavy atom. The SMILES string of the molecule is COc1ccc(C(=O)NCC(c2ccccc2Cl)N(C)C)cc1S(=O)(=O)NC1CCCC1. The van der Waals surface area contributed by atoms with Crippen molar-refractivity contribution in [2.24, 2.45) is 0 Å². The fourth-order valence-electron chi connectivity index (χ4n) is 3.96. The lowest BCUT2D eigenvalue weighted by Crippen LogP contribution is -2.35. The quantitative estimate of drug-likeness (QED) is 0.573.